The summed E-state index contributed by atoms with van der Waals surface area (Å²) in [5.41, 5.74) is 5.33. The Kier molecular flexibility index (Phi) is 11.2. The summed E-state index contributed by atoms with van der Waals surface area (Å²) >= 11 is 6.05. The first-order chi connectivity index (χ1) is 21.1. The molecule has 12 nitrogen and oxygen atoms in total. The van der Waals surface area contributed by atoms with E-state index in [0.717, 1.165) is 17.9 Å². The molecular formula is C29H31ClF2N6O6. The Morgan fingerprint density at radius 1 is 1.09 bits per heavy atom. The third-order valence-electron chi connectivity index (χ3n) is 6.82. The van der Waals surface area contributed by atoms with E-state index < -0.39 is 41.7 Å². The van der Waals surface area contributed by atoms with Crippen molar-refractivity contribution < 1.29 is 37.5 Å². The maximum atomic E-state index is 13.9. The second kappa shape index (κ2) is 15.3. The first-order valence-electron chi connectivity index (χ1n) is 13.8. The minimum absolute atomic E-state index is 0.0304. The van der Waals surface area contributed by atoms with Crippen LogP contribution in [0.4, 0.5) is 24.2 Å². The molecule has 1 aromatic heterocycles. The molecule has 3 aromatic rings. The van der Waals surface area contributed by atoms with Crippen LogP contribution in [0.1, 0.15) is 38.2 Å². The number of halogens is 3. The third kappa shape index (κ3) is 8.97. The van der Waals surface area contributed by atoms with Gasteiger partial charge in [0.15, 0.2) is 0 Å². The number of hydrazine groups is 1. The molecule has 1 fully saturated rings. The zero-order chi connectivity index (χ0) is 31.6. The third-order valence-corrected chi connectivity index (χ3v) is 7.24. The Hall–Kier alpha value is -4.56. The van der Waals surface area contributed by atoms with E-state index in [4.69, 9.17) is 21.2 Å². The van der Waals surface area contributed by atoms with Crippen molar-refractivity contribution in [3.05, 3.63) is 70.9 Å². The van der Waals surface area contributed by atoms with E-state index in [1.54, 1.807) is 12.1 Å². The number of carbonyl (C=O) groups is 4. The van der Waals surface area contributed by atoms with E-state index in [0.29, 0.717) is 29.4 Å². The van der Waals surface area contributed by atoms with Crippen LogP contribution in [0.3, 0.4) is 0 Å². The number of pyridine rings is 1. The summed E-state index contributed by atoms with van der Waals surface area (Å²) in [7, 11) is 0. The molecule has 0 aliphatic carbocycles. The molecule has 1 aliphatic rings. The number of nitrogens with zero attached hydrogens (tertiary/aromatic N) is 3. The molecule has 0 saturated carbocycles. The number of carbonyl (C=O) groups excluding carboxylic acids is 4. The summed E-state index contributed by atoms with van der Waals surface area (Å²) in [5.74, 6) is -2.12. The van der Waals surface area contributed by atoms with Crippen LogP contribution in [0.15, 0.2) is 48.7 Å². The number of anilines is 1. The minimum atomic E-state index is -0.918. The van der Waals surface area contributed by atoms with Gasteiger partial charge in [-0.3, -0.25) is 19.9 Å². The van der Waals surface area contributed by atoms with E-state index >= 15 is 0 Å². The van der Waals surface area contributed by atoms with Crippen molar-refractivity contribution in [1.82, 2.24) is 25.8 Å². The predicted octanol–water partition coefficient (Wildman–Crippen LogP) is 4.68. The van der Waals surface area contributed by atoms with E-state index in [1.165, 1.54) is 48.4 Å². The number of aromatic nitrogens is 1. The minimum Gasteiger partial charge on any atom is -0.447 e. The molecule has 0 unspecified atom stereocenters. The summed E-state index contributed by atoms with van der Waals surface area (Å²) in [6, 6.07) is 8.93. The largest absolute Gasteiger partial charge is 0.447 e. The Morgan fingerprint density at radius 3 is 2.61 bits per heavy atom. The highest BCUT2D eigenvalue weighted by Crippen LogP contribution is 2.21. The van der Waals surface area contributed by atoms with Crippen LogP contribution in [0.25, 0.3) is 10.8 Å². The van der Waals surface area contributed by atoms with Crippen LogP contribution in [0, 0.1) is 11.6 Å². The average Bonchev–Trinajstić information content (AvgIpc) is 3.54. The monoisotopic (exact) mass is 632 g/mol. The van der Waals surface area contributed by atoms with Gasteiger partial charge >= 0.3 is 12.2 Å². The van der Waals surface area contributed by atoms with Gasteiger partial charge in [-0.15, -0.1) is 0 Å². The van der Waals surface area contributed by atoms with Crippen molar-refractivity contribution in [2.75, 3.05) is 25.0 Å². The SMILES string of the molecule is CC(=O)N(NCc1cccc(F)c1Cl)[C@@H](CCC(=O)NOC(=O)N1CCCC1)COC(=O)Nc1cc2cc(F)ccc2cn1. The van der Waals surface area contributed by atoms with Crippen molar-refractivity contribution in [3.63, 3.8) is 0 Å². The standard InChI is InChI=1S/C29H31ClF2N6O6/c1-18(39)38(34-16-20-5-4-6-24(32)27(20)30)23(9-10-26(40)36-44-29(42)37-11-2-3-12-37)17-43-28(41)35-25-14-21-13-22(31)8-7-19(21)15-33-25/h4-8,13-15,23,34H,2-3,9-12,16-17H2,1H3,(H,36,40)(H,33,35,41)/t23-/m0/s1. The zero-order valence-corrected chi connectivity index (χ0v) is 24.5. The maximum absolute atomic E-state index is 13.9. The number of benzene rings is 2. The lowest BCUT2D eigenvalue weighted by atomic mass is 10.1. The van der Waals surface area contributed by atoms with Gasteiger partial charge in [-0.2, -0.15) is 5.48 Å². The highest BCUT2D eigenvalue weighted by Gasteiger charge is 2.26. The van der Waals surface area contributed by atoms with E-state index in [1.807, 2.05) is 0 Å². The molecule has 2 heterocycles. The number of amides is 4. The zero-order valence-electron chi connectivity index (χ0n) is 23.8. The number of rotatable bonds is 10. The molecule has 44 heavy (non-hydrogen) atoms. The van der Waals surface area contributed by atoms with Crippen molar-refractivity contribution in [1.29, 1.82) is 0 Å². The number of hydrogen-bond acceptors (Lipinski definition) is 8. The molecule has 1 saturated heterocycles. The molecule has 4 amide bonds. The van der Waals surface area contributed by atoms with Crippen molar-refractivity contribution >= 4 is 52.2 Å². The molecule has 0 radical (unpaired) electrons. The first kappa shape index (κ1) is 32.4. The number of hydrogen-bond donors (Lipinski definition) is 3. The predicted molar refractivity (Wildman–Crippen MR) is 156 cm³/mol. The molecular weight excluding hydrogens is 602 g/mol. The maximum Gasteiger partial charge on any atom is 0.434 e. The van der Waals surface area contributed by atoms with Crippen LogP contribution in [-0.4, -0.2) is 64.6 Å². The second-order valence-electron chi connectivity index (χ2n) is 10.0. The van der Waals surface area contributed by atoms with Crippen LogP contribution in [0.2, 0.25) is 5.02 Å². The fourth-order valence-corrected chi connectivity index (χ4v) is 4.74. The molecule has 0 bridgehead atoms. The lowest BCUT2D eigenvalue weighted by molar-refractivity contribution is -0.138. The molecule has 4 rings (SSSR count). The molecule has 2 aromatic carbocycles. The summed E-state index contributed by atoms with van der Waals surface area (Å²) in [6.45, 7) is 1.89. The van der Waals surface area contributed by atoms with Gasteiger partial charge < -0.3 is 14.5 Å². The smallest absolute Gasteiger partial charge is 0.434 e. The molecule has 3 N–H and O–H groups in total. The van der Waals surface area contributed by atoms with Gasteiger partial charge in [-0.05, 0) is 60.5 Å². The van der Waals surface area contributed by atoms with E-state index in [2.05, 4.69) is 21.2 Å². The number of likely N-dealkylation sites (tertiary alicyclic amines) is 1. The van der Waals surface area contributed by atoms with Gasteiger partial charge in [0, 0.05) is 44.6 Å². The van der Waals surface area contributed by atoms with Gasteiger partial charge in [-0.1, -0.05) is 23.7 Å². The Balaban J connectivity index is 1.40. The Morgan fingerprint density at radius 2 is 1.86 bits per heavy atom. The topological polar surface area (TPSA) is 142 Å². The molecule has 1 aliphatic heterocycles. The molecule has 1 atom stereocenters. The van der Waals surface area contributed by atoms with Crippen molar-refractivity contribution in [2.45, 2.75) is 45.2 Å². The fraction of sp³-hybridized carbons (Fsp3) is 0.345. The second-order valence-corrected chi connectivity index (χ2v) is 10.4. The van der Waals surface area contributed by atoms with Gasteiger partial charge in [0.25, 0.3) is 5.91 Å². The van der Waals surface area contributed by atoms with Gasteiger partial charge in [0.1, 0.15) is 24.1 Å². The quantitative estimate of drug-likeness (QED) is 0.274. The lowest BCUT2D eigenvalue weighted by Gasteiger charge is -2.31. The summed E-state index contributed by atoms with van der Waals surface area (Å²) in [6.07, 6.45) is 1.33. The van der Waals surface area contributed by atoms with Crippen molar-refractivity contribution in [3.8, 4) is 0 Å². The van der Waals surface area contributed by atoms with Gasteiger partial charge in [0.05, 0.1) is 11.1 Å². The van der Waals surface area contributed by atoms with Crippen LogP contribution >= 0.6 is 11.6 Å². The molecule has 0 spiro atoms. The van der Waals surface area contributed by atoms with Crippen LogP contribution in [-0.2, 0) is 25.7 Å². The summed E-state index contributed by atoms with van der Waals surface area (Å²) in [4.78, 5) is 60.3. The molecule has 234 valence electrons. The first-order valence-corrected chi connectivity index (χ1v) is 14.2. The lowest BCUT2D eigenvalue weighted by Crippen LogP contribution is -2.51. The highest BCUT2D eigenvalue weighted by molar-refractivity contribution is 6.31. The fourth-order valence-electron chi connectivity index (χ4n) is 4.55. The Labute approximate surface area is 256 Å². The van der Waals surface area contributed by atoms with E-state index in [9.17, 15) is 28.0 Å². The summed E-state index contributed by atoms with van der Waals surface area (Å²) < 4.78 is 32.9. The van der Waals surface area contributed by atoms with Crippen molar-refractivity contribution in [2.24, 2.45) is 0 Å². The molecule has 15 heteroatoms. The van der Waals surface area contributed by atoms with E-state index in [-0.39, 0.29) is 36.8 Å². The Bertz CT molecular complexity index is 1520. The number of nitrogens with one attached hydrogen (secondary N) is 3. The van der Waals surface area contributed by atoms with Crippen LogP contribution < -0.4 is 16.2 Å². The van der Waals surface area contributed by atoms with Gasteiger partial charge in [0.2, 0.25) is 5.91 Å². The normalized spacial score (nSPS) is 13.3. The number of hydroxylamine groups is 1. The number of fused-ring (bicyclic) bond motifs is 1. The van der Waals surface area contributed by atoms with Crippen LogP contribution in [0.5, 0.6) is 0 Å². The van der Waals surface area contributed by atoms with Gasteiger partial charge in [-0.25, -0.2) is 28.8 Å². The summed E-state index contributed by atoms with van der Waals surface area (Å²) in [5, 5.41) is 4.64. The average molecular weight is 633 g/mol. The number of ether oxygens (including phenoxy) is 1. The highest BCUT2D eigenvalue weighted by atomic mass is 35.5.